The Hall–Kier alpha value is 2.50. The fourth-order valence-corrected chi connectivity index (χ4v) is 21.7. The van der Waals surface area contributed by atoms with Gasteiger partial charge in [-0.15, -0.1) is 0 Å². The molecule has 3 saturated heterocycles. The predicted molar refractivity (Wildman–Crippen MR) is 53.6 cm³/mol. The van der Waals surface area contributed by atoms with Crippen LogP contribution < -0.4 is 0 Å². The first-order chi connectivity index (χ1) is 3.95. The summed E-state index contributed by atoms with van der Waals surface area (Å²) < 4.78 is 5.32. The van der Waals surface area contributed by atoms with Crippen molar-refractivity contribution >= 4 is 50.5 Å². The Morgan fingerprint density at radius 2 is 0.750 bits per heavy atom. The summed E-state index contributed by atoms with van der Waals surface area (Å²) in [6, 6.07) is 0. The molecule has 0 saturated carbocycles. The molecule has 0 N–H and O–H groups in total. The molecule has 46 valence electrons. The topological polar surface area (TPSA) is 6.48 Å². The maximum Gasteiger partial charge on any atom is -0.00386 e. The van der Waals surface area contributed by atoms with E-state index in [1.807, 2.05) is 0 Å². The van der Waals surface area contributed by atoms with Crippen LogP contribution in [0.5, 0.6) is 0 Å². The Balaban J connectivity index is 2.03. The van der Waals surface area contributed by atoms with Crippen LogP contribution in [0.1, 0.15) is 0 Å². The van der Waals surface area contributed by atoms with E-state index in [0.717, 1.165) is 0 Å². The van der Waals surface area contributed by atoms with Gasteiger partial charge in [0.05, 0.1) is 0 Å². The van der Waals surface area contributed by atoms with Crippen molar-refractivity contribution < 1.29 is 0 Å². The van der Waals surface area contributed by atoms with Crippen LogP contribution in [-0.2, 0) is 0 Å². The van der Waals surface area contributed by atoms with Crippen molar-refractivity contribution in [1.29, 1.82) is 0 Å². The van der Waals surface area contributed by atoms with Crippen molar-refractivity contribution in [2.75, 3.05) is 0 Å². The lowest BCUT2D eigenvalue weighted by Gasteiger charge is -2.39. The first-order valence-electron chi connectivity index (χ1n) is 2.09. The van der Waals surface area contributed by atoms with Gasteiger partial charge in [-0.25, -0.2) is 8.42 Å². The molecule has 2 bridgehead atoms. The predicted octanol–water partition coefficient (Wildman–Crippen LogP) is 2.92. The van der Waals surface area contributed by atoms with Gasteiger partial charge in [0.25, 0.3) is 0 Å². The zero-order valence-electron chi connectivity index (χ0n) is 3.89. The third kappa shape index (κ3) is 1.56. The molecular formula is H6N2P6. The van der Waals surface area contributed by atoms with Crippen molar-refractivity contribution in [2.24, 2.45) is 0 Å². The second kappa shape index (κ2) is 3.26. The molecule has 6 atom stereocenters. The molecule has 3 fully saturated rings. The van der Waals surface area contributed by atoms with Crippen molar-refractivity contribution in [3.05, 3.63) is 0 Å². The second-order valence-electron chi connectivity index (χ2n) is 1.34. The summed E-state index contributed by atoms with van der Waals surface area (Å²) in [7, 11) is 7.01. The van der Waals surface area contributed by atoms with Crippen molar-refractivity contribution in [1.82, 2.24) is 8.42 Å². The number of hydrogen-bond acceptors (Lipinski definition) is 2. The lowest BCUT2D eigenvalue weighted by Crippen LogP contribution is -1.96. The maximum absolute atomic E-state index is 2.66. The van der Waals surface area contributed by atoms with E-state index >= 15 is 0 Å². The molecule has 0 aromatic heterocycles. The Labute approximate surface area is 59.4 Å². The van der Waals surface area contributed by atoms with Crippen molar-refractivity contribution in [2.45, 2.75) is 0 Å². The molecule has 0 aromatic carbocycles. The maximum atomic E-state index is 2.66. The van der Waals surface area contributed by atoms with Gasteiger partial charge in [-0.2, -0.15) is 0 Å². The SMILES string of the molecule is P1PN2PPN1PP2. The number of rotatable bonds is 0. The molecule has 0 radical (unpaired) electrons. The molecule has 0 spiro atoms. The highest BCUT2D eigenvalue weighted by Crippen LogP contribution is 2.82. The fourth-order valence-electron chi connectivity index (χ4n) is 0.468. The zero-order chi connectivity index (χ0) is 5.40. The van der Waals surface area contributed by atoms with Crippen molar-refractivity contribution in [3.63, 3.8) is 0 Å². The lowest BCUT2D eigenvalue weighted by molar-refractivity contribution is 1.20. The molecular weight excluding hydrogens is 214 g/mol. The van der Waals surface area contributed by atoms with E-state index in [9.17, 15) is 0 Å². The molecule has 8 heavy (non-hydrogen) atoms. The normalized spacial score (nSPS) is 63.0. The highest BCUT2D eigenvalue weighted by atomic mass is 32.1. The van der Waals surface area contributed by atoms with Gasteiger partial charge in [0.2, 0.25) is 0 Å². The van der Waals surface area contributed by atoms with Crippen LogP contribution in [0.3, 0.4) is 0 Å². The van der Waals surface area contributed by atoms with Gasteiger partial charge in [-0.3, -0.25) is 0 Å². The van der Waals surface area contributed by atoms with Crippen LogP contribution >= 0.6 is 50.5 Å². The van der Waals surface area contributed by atoms with Gasteiger partial charge in [0, 0.05) is 0 Å². The fraction of sp³-hybridized carbons (Fsp3) is 0. The molecule has 2 nitrogen and oxygen atoms in total. The number of nitrogens with zero attached hydrogens (tertiary/aromatic N) is 2. The third-order valence-electron chi connectivity index (χ3n) is 0.821. The summed E-state index contributed by atoms with van der Waals surface area (Å²) in [5.41, 5.74) is 0. The molecule has 0 aromatic rings. The smallest absolute Gasteiger partial charge is 0.00386 e. The Morgan fingerprint density at radius 3 is 0.875 bits per heavy atom. The molecule has 3 aliphatic heterocycles. The van der Waals surface area contributed by atoms with Gasteiger partial charge >= 0.3 is 0 Å². The van der Waals surface area contributed by atoms with Gasteiger partial charge in [-0.1, -0.05) is 0 Å². The molecule has 0 amide bonds. The van der Waals surface area contributed by atoms with Crippen molar-refractivity contribution in [3.8, 4) is 0 Å². The van der Waals surface area contributed by atoms with Crippen LogP contribution in [-0.4, -0.2) is 8.42 Å². The van der Waals surface area contributed by atoms with Crippen LogP contribution in [0.4, 0.5) is 0 Å². The van der Waals surface area contributed by atoms with Crippen LogP contribution in [0.15, 0.2) is 0 Å². The first kappa shape index (κ1) is 7.17. The molecule has 3 rings (SSSR count). The molecule has 8 heteroatoms. The quantitative estimate of drug-likeness (QED) is 0.579. The van der Waals surface area contributed by atoms with Gasteiger partial charge < -0.3 is 0 Å². The Morgan fingerprint density at radius 1 is 0.500 bits per heavy atom. The average molecular weight is 220 g/mol. The Bertz CT molecular complexity index is 61.5. The molecule has 0 aliphatic carbocycles. The lowest BCUT2D eigenvalue weighted by atomic mass is 13.8. The minimum Gasteiger partial charge on any atom is -0.232 e. The summed E-state index contributed by atoms with van der Waals surface area (Å²) in [5.74, 6) is 0. The van der Waals surface area contributed by atoms with E-state index in [1.165, 1.54) is 50.5 Å². The van der Waals surface area contributed by atoms with E-state index in [4.69, 9.17) is 0 Å². The van der Waals surface area contributed by atoms with Crippen LogP contribution in [0.2, 0.25) is 0 Å². The van der Waals surface area contributed by atoms with Gasteiger partial charge in [0.1, 0.15) is 0 Å². The average Bonchev–Trinajstić information content (AvgIpc) is 1.92. The van der Waals surface area contributed by atoms with E-state index in [-0.39, 0.29) is 0 Å². The van der Waals surface area contributed by atoms with Gasteiger partial charge in [-0.05, 0) is 50.5 Å². The minimum atomic E-state index is 1.17. The standard InChI is InChI=1S/H6N2P6/c3-1-4-7-2(6-3)8-5-1/h3-8H. The summed E-state index contributed by atoms with van der Waals surface area (Å²) in [6.45, 7) is 0. The van der Waals surface area contributed by atoms with Crippen LogP contribution in [0, 0.1) is 0 Å². The van der Waals surface area contributed by atoms with Crippen LogP contribution in [0.25, 0.3) is 0 Å². The monoisotopic (exact) mass is 220 g/mol. The molecule has 6 unspecified atom stereocenters. The summed E-state index contributed by atoms with van der Waals surface area (Å²) in [6.07, 6.45) is 0. The summed E-state index contributed by atoms with van der Waals surface area (Å²) >= 11 is 0. The number of hydrogen-bond donors (Lipinski definition) is 0. The largest absolute Gasteiger partial charge is 0.232 e. The zero-order valence-corrected chi connectivity index (χ0v) is 9.89. The molecule has 3 heterocycles. The van der Waals surface area contributed by atoms with Gasteiger partial charge in [0.15, 0.2) is 0 Å². The highest BCUT2D eigenvalue weighted by molar-refractivity contribution is 8.38. The first-order valence-corrected chi connectivity index (χ1v) is 10.8. The van der Waals surface area contributed by atoms with E-state index < -0.39 is 0 Å². The number of fused-ring (bicyclic) bond motifs is 3. The molecule has 3 aliphatic rings. The minimum absolute atomic E-state index is 1.17. The highest BCUT2D eigenvalue weighted by Gasteiger charge is 2.22. The van der Waals surface area contributed by atoms with E-state index in [0.29, 0.717) is 0 Å². The third-order valence-corrected chi connectivity index (χ3v) is 19.5. The summed E-state index contributed by atoms with van der Waals surface area (Å²) in [5, 5.41) is 0. The van der Waals surface area contributed by atoms with E-state index in [1.54, 1.807) is 0 Å². The summed E-state index contributed by atoms with van der Waals surface area (Å²) in [4.78, 5) is 0. The Kier molecular flexibility index (Phi) is 2.92. The van der Waals surface area contributed by atoms with E-state index in [2.05, 4.69) is 8.42 Å². The second-order valence-corrected chi connectivity index (χ2v) is 12.1.